The zero-order chi connectivity index (χ0) is 15.0. The van der Waals surface area contributed by atoms with Crippen LogP contribution >= 0.6 is 0 Å². The molecule has 0 aromatic carbocycles. The van der Waals surface area contributed by atoms with Crippen LogP contribution in [0.15, 0.2) is 0 Å². The molecule has 0 radical (unpaired) electrons. The third kappa shape index (κ3) is 5.00. The van der Waals surface area contributed by atoms with Crippen molar-refractivity contribution in [1.82, 2.24) is 10.2 Å². The Balaban J connectivity index is 2.61. The topological polar surface area (TPSA) is 89.9 Å². The summed E-state index contributed by atoms with van der Waals surface area (Å²) < 4.78 is 0. The summed E-state index contributed by atoms with van der Waals surface area (Å²) in [6.45, 7) is 2.96. The minimum absolute atomic E-state index is 0.0466. The smallest absolute Gasteiger partial charge is 0.317 e. The predicted octanol–water partition coefficient (Wildman–Crippen LogP) is 1.43. The number of hydrogen-bond acceptors (Lipinski definition) is 3. The number of amides is 2. The van der Waals surface area contributed by atoms with Gasteiger partial charge in [-0.3, -0.25) is 4.79 Å². The van der Waals surface area contributed by atoms with E-state index in [1.54, 1.807) is 4.90 Å². The molecule has 2 amide bonds. The number of nitrogens with zero attached hydrogens (tertiary/aromatic N) is 1. The van der Waals surface area contributed by atoms with Crippen molar-refractivity contribution in [1.29, 1.82) is 0 Å². The Bertz CT molecular complexity index is 322. The van der Waals surface area contributed by atoms with Gasteiger partial charge in [0.1, 0.15) is 0 Å². The molecular weight excluding hydrogens is 260 g/mol. The average Bonchev–Trinajstić information content (AvgIpc) is 2.65. The van der Waals surface area contributed by atoms with E-state index in [2.05, 4.69) is 5.32 Å². The molecule has 0 aromatic rings. The number of urea groups is 1. The SMILES string of the molecule is CCN(CCCO)C(=O)NC1CCCCCC1C(=O)O. The second-order valence-corrected chi connectivity index (χ2v) is 5.30. The summed E-state index contributed by atoms with van der Waals surface area (Å²) in [7, 11) is 0. The number of carboxylic acids is 1. The van der Waals surface area contributed by atoms with Gasteiger partial charge in [-0.25, -0.2) is 4.79 Å². The predicted molar refractivity (Wildman–Crippen MR) is 75.5 cm³/mol. The maximum Gasteiger partial charge on any atom is 0.317 e. The molecule has 116 valence electrons. The van der Waals surface area contributed by atoms with Gasteiger partial charge in [-0.2, -0.15) is 0 Å². The molecule has 0 aliphatic heterocycles. The van der Waals surface area contributed by atoms with Gasteiger partial charge in [-0.05, 0) is 26.2 Å². The number of aliphatic hydroxyl groups excluding tert-OH is 1. The molecule has 2 atom stereocenters. The van der Waals surface area contributed by atoms with Crippen molar-refractivity contribution in [3.63, 3.8) is 0 Å². The highest BCUT2D eigenvalue weighted by molar-refractivity contribution is 5.76. The largest absolute Gasteiger partial charge is 0.481 e. The van der Waals surface area contributed by atoms with Crippen molar-refractivity contribution in [2.24, 2.45) is 5.92 Å². The zero-order valence-electron chi connectivity index (χ0n) is 12.2. The van der Waals surface area contributed by atoms with Gasteiger partial charge in [0.15, 0.2) is 0 Å². The molecular formula is C14H26N2O4. The fourth-order valence-corrected chi connectivity index (χ4v) is 2.69. The molecule has 1 aliphatic rings. The second-order valence-electron chi connectivity index (χ2n) is 5.30. The fourth-order valence-electron chi connectivity index (χ4n) is 2.69. The lowest BCUT2D eigenvalue weighted by molar-refractivity contribution is -0.142. The van der Waals surface area contributed by atoms with Crippen LogP contribution in [0.3, 0.4) is 0 Å². The number of rotatable bonds is 6. The Morgan fingerprint density at radius 1 is 1.25 bits per heavy atom. The van der Waals surface area contributed by atoms with Gasteiger partial charge < -0.3 is 20.4 Å². The van der Waals surface area contributed by atoms with Crippen molar-refractivity contribution in [3.8, 4) is 0 Å². The van der Waals surface area contributed by atoms with Gasteiger partial charge in [-0.15, -0.1) is 0 Å². The summed E-state index contributed by atoms with van der Waals surface area (Å²) in [4.78, 5) is 25.1. The first-order valence-electron chi connectivity index (χ1n) is 7.49. The molecule has 1 aliphatic carbocycles. The number of carbonyl (C=O) groups excluding carboxylic acids is 1. The Morgan fingerprint density at radius 2 is 1.95 bits per heavy atom. The standard InChI is InChI=1S/C14H26N2O4/c1-2-16(9-6-10-17)14(20)15-12-8-5-3-4-7-11(12)13(18)19/h11-12,17H,2-10H2,1H3,(H,15,20)(H,18,19). The molecule has 6 nitrogen and oxygen atoms in total. The number of nitrogens with one attached hydrogen (secondary N) is 1. The number of hydrogen-bond donors (Lipinski definition) is 3. The number of aliphatic carboxylic acids is 1. The molecule has 20 heavy (non-hydrogen) atoms. The summed E-state index contributed by atoms with van der Waals surface area (Å²) in [5.74, 6) is -1.31. The highest BCUT2D eigenvalue weighted by Crippen LogP contribution is 2.24. The molecule has 0 spiro atoms. The lowest BCUT2D eigenvalue weighted by Gasteiger charge is -2.27. The zero-order valence-corrected chi connectivity index (χ0v) is 12.2. The third-order valence-corrected chi connectivity index (χ3v) is 3.90. The average molecular weight is 286 g/mol. The van der Waals surface area contributed by atoms with Crippen LogP contribution in [0.4, 0.5) is 4.79 Å². The summed E-state index contributed by atoms with van der Waals surface area (Å²) in [6, 6.07) is -0.509. The minimum atomic E-state index is -0.824. The van der Waals surface area contributed by atoms with Crippen LogP contribution in [0.5, 0.6) is 0 Å². The van der Waals surface area contributed by atoms with Gasteiger partial charge in [0.2, 0.25) is 0 Å². The van der Waals surface area contributed by atoms with E-state index < -0.39 is 11.9 Å². The normalized spacial score (nSPS) is 22.9. The Morgan fingerprint density at radius 3 is 2.55 bits per heavy atom. The third-order valence-electron chi connectivity index (χ3n) is 3.90. The van der Waals surface area contributed by atoms with Gasteiger partial charge in [0.25, 0.3) is 0 Å². The summed E-state index contributed by atoms with van der Waals surface area (Å²) >= 11 is 0. The number of aliphatic hydroxyl groups is 1. The second kappa shape index (κ2) is 8.79. The van der Waals surface area contributed by atoms with E-state index in [0.29, 0.717) is 25.9 Å². The highest BCUT2D eigenvalue weighted by atomic mass is 16.4. The van der Waals surface area contributed by atoms with Crippen molar-refractivity contribution in [2.45, 2.75) is 51.5 Å². The van der Waals surface area contributed by atoms with Crippen LogP contribution in [-0.2, 0) is 4.79 Å². The van der Waals surface area contributed by atoms with E-state index in [1.165, 1.54) is 0 Å². The first-order chi connectivity index (χ1) is 9.60. The quantitative estimate of drug-likeness (QED) is 0.644. The van der Waals surface area contributed by atoms with E-state index in [1.807, 2.05) is 6.92 Å². The molecule has 0 heterocycles. The molecule has 1 fully saturated rings. The molecule has 0 aromatic heterocycles. The molecule has 0 saturated heterocycles. The lowest BCUT2D eigenvalue weighted by Crippen LogP contribution is -2.49. The Labute approximate surface area is 120 Å². The van der Waals surface area contributed by atoms with E-state index in [-0.39, 0.29) is 18.7 Å². The molecule has 3 N–H and O–H groups in total. The molecule has 6 heteroatoms. The van der Waals surface area contributed by atoms with Gasteiger partial charge >= 0.3 is 12.0 Å². The van der Waals surface area contributed by atoms with Crippen LogP contribution in [0, 0.1) is 5.92 Å². The number of carboxylic acid groups (broad SMARTS) is 1. The number of carbonyl (C=O) groups is 2. The highest BCUT2D eigenvalue weighted by Gasteiger charge is 2.31. The molecule has 1 rings (SSSR count). The van der Waals surface area contributed by atoms with Gasteiger partial charge in [0.05, 0.1) is 5.92 Å². The van der Waals surface area contributed by atoms with Gasteiger partial charge in [0, 0.05) is 25.7 Å². The van der Waals surface area contributed by atoms with Crippen LogP contribution in [-0.4, -0.2) is 52.9 Å². The lowest BCUT2D eigenvalue weighted by atomic mass is 9.95. The summed E-state index contributed by atoms with van der Waals surface area (Å²) in [6.07, 6.45) is 4.78. The van der Waals surface area contributed by atoms with E-state index in [9.17, 15) is 14.7 Å². The summed E-state index contributed by atoms with van der Waals surface area (Å²) in [5, 5.41) is 21.0. The van der Waals surface area contributed by atoms with Crippen LogP contribution < -0.4 is 5.32 Å². The fraction of sp³-hybridized carbons (Fsp3) is 0.857. The van der Waals surface area contributed by atoms with Crippen LogP contribution in [0.25, 0.3) is 0 Å². The van der Waals surface area contributed by atoms with Crippen LogP contribution in [0.1, 0.15) is 45.4 Å². The molecule has 2 unspecified atom stereocenters. The van der Waals surface area contributed by atoms with Crippen molar-refractivity contribution in [3.05, 3.63) is 0 Å². The molecule has 1 saturated carbocycles. The van der Waals surface area contributed by atoms with E-state index >= 15 is 0 Å². The monoisotopic (exact) mass is 286 g/mol. The van der Waals surface area contributed by atoms with E-state index in [0.717, 1.165) is 25.7 Å². The van der Waals surface area contributed by atoms with Gasteiger partial charge in [-0.1, -0.05) is 19.3 Å². The first kappa shape index (κ1) is 16.8. The maximum absolute atomic E-state index is 12.2. The maximum atomic E-state index is 12.2. The Kier molecular flexibility index (Phi) is 7.36. The van der Waals surface area contributed by atoms with Crippen molar-refractivity contribution >= 4 is 12.0 Å². The summed E-state index contributed by atoms with van der Waals surface area (Å²) in [5.41, 5.74) is 0. The van der Waals surface area contributed by atoms with Crippen LogP contribution in [0.2, 0.25) is 0 Å². The van der Waals surface area contributed by atoms with Crippen molar-refractivity contribution < 1.29 is 19.8 Å². The van der Waals surface area contributed by atoms with Crippen molar-refractivity contribution in [2.75, 3.05) is 19.7 Å². The van der Waals surface area contributed by atoms with E-state index in [4.69, 9.17) is 5.11 Å². The molecule has 0 bridgehead atoms. The Hall–Kier alpha value is -1.30. The minimum Gasteiger partial charge on any atom is -0.481 e. The first-order valence-corrected chi connectivity index (χ1v) is 7.49.